The van der Waals surface area contributed by atoms with Gasteiger partial charge in [0.25, 0.3) is 0 Å². The summed E-state index contributed by atoms with van der Waals surface area (Å²) < 4.78 is 19.7. The second kappa shape index (κ2) is 13.3. The van der Waals surface area contributed by atoms with E-state index < -0.39 is 11.2 Å². The van der Waals surface area contributed by atoms with Gasteiger partial charge in [0.05, 0.1) is 12.3 Å². The lowest BCUT2D eigenvalue weighted by Crippen LogP contribution is -2.64. The van der Waals surface area contributed by atoms with Crippen LogP contribution >= 0.6 is 0 Å². The summed E-state index contributed by atoms with van der Waals surface area (Å²) >= 11 is 0. The van der Waals surface area contributed by atoms with Gasteiger partial charge in [-0.2, -0.15) is 0 Å². The highest BCUT2D eigenvalue weighted by Gasteiger charge is 2.66. The molecule has 4 heterocycles. The summed E-state index contributed by atoms with van der Waals surface area (Å²) in [5, 5.41) is 3.48. The number of amides is 1. The first-order valence-electron chi connectivity index (χ1n) is 18.1. The summed E-state index contributed by atoms with van der Waals surface area (Å²) in [6.45, 7) is 11.7. The third-order valence-electron chi connectivity index (χ3n) is 12.6. The number of likely N-dealkylation sites (tertiary alicyclic amines) is 1. The molecule has 1 spiro atoms. The Morgan fingerprint density at radius 3 is 2.72 bits per heavy atom. The molecule has 4 aliphatic heterocycles. The number of ether oxygens (including phenoxy) is 3. The predicted octanol–water partition coefficient (Wildman–Crippen LogP) is 5.03. The lowest BCUT2D eigenvalue weighted by atomic mass is 9.58. The number of nitrogens with two attached hydrogens (primary N) is 1. The van der Waals surface area contributed by atoms with Crippen LogP contribution in [0.5, 0.6) is 0 Å². The number of esters is 2. The Morgan fingerprint density at radius 1 is 1.20 bits per heavy atom. The van der Waals surface area contributed by atoms with Crippen molar-refractivity contribution in [3.8, 4) is 0 Å². The van der Waals surface area contributed by atoms with Gasteiger partial charge in [-0.1, -0.05) is 32.1 Å². The fourth-order valence-corrected chi connectivity index (χ4v) is 9.67. The Morgan fingerprint density at radius 2 is 2.00 bits per heavy atom. The van der Waals surface area contributed by atoms with Crippen molar-refractivity contribution >= 4 is 17.8 Å². The average molecular weight is 640 g/mol. The van der Waals surface area contributed by atoms with E-state index in [0.717, 1.165) is 45.1 Å². The van der Waals surface area contributed by atoms with Gasteiger partial charge in [0.15, 0.2) is 0 Å². The summed E-state index contributed by atoms with van der Waals surface area (Å²) in [5.74, 6) is 1.13. The van der Waals surface area contributed by atoms with Crippen LogP contribution in [0.1, 0.15) is 105 Å². The van der Waals surface area contributed by atoms with Gasteiger partial charge < -0.3 is 30.2 Å². The molecule has 0 bridgehead atoms. The van der Waals surface area contributed by atoms with E-state index in [4.69, 9.17) is 19.9 Å². The maximum absolute atomic E-state index is 13.8. The highest BCUT2D eigenvalue weighted by molar-refractivity contribution is 5.88. The Labute approximate surface area is 275 Å². The van der Waals surface area contributed by atoms with Crippen molar-refractivity contribution in [1.29, 1.82) is 0 Å². The van der Waals surface area contributed by atoms with Crippen molar-refractivity contribution < 1.29 is 28.6 Å². The zero-order chi connectivity index (χ0) is 32.8. The van der Waals surface area contributed by atoms with Crippen molar-refractivity contribution in [3.05, 3.63) is 23.8 Å². The number of rotatable bonds is 8. The second-order valence-electron chi connectivity index (χ2n) is 15.9. The fraction of sp³-hybridized carbons (Fsp3) is 0.811. The normalized spacial score (nSPS) is 42.3. The van der Waals surface area contributed by atoms with Crippen LogP contribution < -0.4 is 11.1 Å². The average Bonchev–Trinajstić information content (AvgIpc) is 3.36. The maximum Gasteiger partial charge on any atom is 0.334 e. The van der Waals surface area contributed by atoms with E-state index in [0.29, 0.717) is 62.1 Å². The molecule has 4 saturated heterocycles. The molecule has 256 valence electrons. The molecule has 2 aliphatic carbocycles. The monoisotopic (exact) mass is 639 g/mol. The Kier molecular flexibility index (Phi) is 9.77. The molecule has 9 heteroatoms. The molecular weight excluding hydrogens is 582 g/mol. The van der Waals surface area contributed by atoms with Gasteiger partial charge in [0.1, 0.15) is 17.3 Å². The van der Waals surface area contributed by atoms with Crippen LogP contribution in [0.25, 0.3) is 0 Å². The van der Waals surface area contributed by atoms with Crippen LogP contribution in [0.15, 0.2) is 23.8 Å². The molecule has 9 nitrogen and oxygen atoms in total. The summed E-state index contributed by atoms with van der Waals surface area (Å²) in [4.78, 5) is 41.6. The van der Waals surface area contributed by atoms with Gasteiger partial charge in [-0.25, -0.2) is 4.79 Å². The van der Waals surface area contributed by atoms with Crippen molar-refractivity contribution in [2.24, 2.45) is 41.2 Å². The van der Waals surface area contributed by atoms with Crippen molar-refractivity contribution in [2.45, 2.75) is 141 Å². The van der Waals surface area contributed by atoms with Gasteiger partial charge in [-0.15, -0.1) is 0 Å². The number of piperidine rings is 1. The lowest BCUT2D eigenvalue weighted by molar-refractivity contribution is -0.227. The lowest BCUT2D eigenvalue weighted by Gasteiger charge is -2.55. The zero-order valence-corrected chi connectivity index (χ0v) is 28.7. The molecule has 11 atom stereocenters. The summed E-state index contributed by atoms with van der Waals surface area (Å²) in [6.07, 6.45) is 14.6. The van der Waals surface area contributed by atoms with Crippen molar-refractivity contribution in [1.82, 2.24) is 10.2 Å². The number of hydrogen-bond donors (Lipinski definition) is 2. The first-order valence-corrected chi connectivity index (χ1v) is 18.1. The maximum atomic E-state index is 13.8. The number of carbonyl (C=O) groups excluding carboxylic acids is 3. The summed E-state index contributed by atoms with van der Waals surface area (Å²) in [5.41, 5.74) is 5.49. The second-order valence-corrected chi connectivity index (χ2v) is 15.9. The molecule has 0 aromatic rings. The molecule has 3 N–H and O–H groups in total. The highest BCUT2D eigenvalue weighted by atomic mass is 16.6. The summed E-state index contributed by atoms with van der Waals surface area (Å²) in [7, 11) is 0. The molecule has 5 fully saturated rings. The molecule has 1 amide bonds. The van der Waals surface area contributed by atoms with Gasteiger partial charge in [-0.3, -0.25) is 9.59 Å². The Balaban J connectivity index is 1.30. The first kappa shape index (κ1) is 33.7. The fourth-order valence-electron chi connectivity index (χ4n) is 9.67. The number of nitrogens with one attached hydrogen (secondary N) is 1. The third-order valence-corrected chi connectivity index (χ3v) is 12.6. The van der Waals surface area contributed by atoms with Crippen molar-refractivity contribution in [3.63, 3.8) is 0 Å². The van der Waals surface area contributed by atoms with Crippen molar-refractivity contribution in [2.75, 3.05) is 13.1 Å². The van der Waals surface area contributed by atoms with E-state index >= 15 is 0 Å². The molecular formula is C37H57N3O6. The zero-order valence-electron chi connectivity index (χ0n) is 28.7. The molecule has 0 aromatic carbocycles. The highest BCUT2D eigenvalue weighted by Crippen LogP contribution is 2.59. The molecule has 6 aliphatic rings. The van der Waals surface area contributed by atoms with E-state index in [1.165, 1.54) is 0 Å². The minimum absolute atomic E-state index is 0.0771. The molecule has 0 radical (unpaired) electrons. The van der Waals surface area contributed by atoms with Crippen LogP contribution in [-0.4, -0.2) is 71.5 Å². The van der Waals surface area contributed by atoms with Crippen LogP contribution in [0.2, 0.25) is 0 Å². The number of fused-ring (bicyclic) bond motifs is 2. The quantitative estimate of drug-likeness (QED) is 0.216. The Hall–Kier alpha value is -2.23. The van der Waals surface area contributed by atoms with Crippen LogP contribution in [0, 0.1) is 35.5 Å². The number of nitrogens with zero attached hydrogens (tertiary/aromatic N) is 1. The SMILES string of the molecule is CC=C(C)C(=O)OC1(C)CC=CC(C2CC(N)NCC2CC(=O)N2CCC2CCC(C)C)C12CC1CC3CCC(=O)OC3CC1O2. The van der Waals surface area contributed by atoms with E-state index in [1.54, 1.807) is 13.0 Å². The van der Waals surface area contributed by atoms with Gasteiger partial charge in [0, 0.05) is 56.3 Å². The minimum atomic E-state index is -0.907. The van der Waals surface area contributed by atoms with E-state index in [-0.39, 0.29) is 59.9 Å². The van der Waals surface area contributed by atoms with Gasteiger partial charge in [-0.05, 0) is 95.3 Å². The van der Waals surface area contributed by atoms with Crippen LogP contribution in [0.3, 0.4) is 0 Å². The summed E-state index contributed by atoms with van der Waals surface area (Å²) in [6, 6.07) is 0.351. The van der Waals surface area contributed by atoms with Gasteiger partial charge in [0.2, 0.25) is 5.91 Å². The molecule has 46 heavy (non-hydrogen) atoms. The van der Waals surface area contributed by atoms with Gasteiger partial charge >= 0.3 is 11.9 Å². The smallest absolute Gasteiger partial charge is 0.334 e. The standard InChI is InChI=1S/C37H57N3O6/c1-6-23(4)35(43)46-36(5)14-7-8-29(37(36)20-25-16-24-10-12-34(42)44-30(24)19-31(25)45-37)28-18-32(38)39-21-26(28)17-33(41)40-15-13-27(40)11-9-22(2)3/h6-8,22,24-32,39H,9-21,38H2,1-5H3. The predicted molar refractivity (Wildman–Crippen MR) is 175 cm³/mol. The van der Waals surface area contributed by atoms with E-state index in [1.807, 2.05) is 6.92 Å². The number of hydrogen-bond acceptors (Lipinski definition) is 8. The van der Waals surface area contributed by atoms with E-state index in [9.17, 15) is 14.4 Å². The minimum Gasteiger partial charge on any atom is -0.462 e. The molecule has 1 saturated carbocycles. The topological polar surface area (TPSA) is 120 Å². The molecule has 6 rings (SSSR count). The largest absolute Gasteiger partial charge is 0.462 e. The third kappa shape index (κ3) is 6.33. The molecule has 11 unspecified atom stereocenters. The van der Waals surface area contributed by atoms with Crippen LogP contribution in [0.4, 0.5) is 0 Å². The number of allylic oxidation sites excluding steroid dienone is 1. The molecule has 0 aromatic heterocycles. The Bertz CT molecular complexity index is 1230. The van der Waals surface area contributed by atoms with Crippen LogP contribution in [-0.2, 0) is 28.6 Å². The number of carbonyl (C=O) groups is 3. The first-order chi connectivity index (χ1) is 21.9. The van der Waals surface area contributed by atoms with E-state index in [2.05, 4.69) is 43.1 Å².